The average molecular weight is 322 g/mol. The number of thiophene rings is 1. The van der Waals surface area contributed by atoms with Crippen LogP contribution < -0.4 is 0 Å². The van der Waals surface area contributed by atoms with E-state index < -0.39 is 0 Å². The van der Waals surface area contributed by atoms with Crippen LogP contribution >= 0.6 is 11.3 Å². The fourth-order valence-electron chi connectivity index (χ4n) is 4.31. The molecule has 0 fully saturated rings. The molecule has 5 aromatic rings. The van der Waals surface area contributed by atoms with E-state index >= 15 is 0 Å². The zero-order chi connectivity index (χ0) is 15.8. The SMILES string of the molecule is Cc1cc2c(s1)-c1c3ccccc3cc3cc4ccccc4c-2c13. The van der Waals surface area contributed by atoms with Crippen molar-refractivity contribution in [3.8, 4) is 21.6 Å². The molecule has 1 heteroatoms. The van der Waals surface area contributed by atoms with E-state index in [1.807, 2.05) is 11.3 Å². The largest absolute Gasteiger partial charge is 0.140 e. The summed E-state index contributed by atoms with van der Waals surface area (Å²) in [5.74, 6) is 0. The van der Waals surface area contributed by atoms with E-state index in [0.717, 1.165) is 0 Å². The Hall–Kier alpha value is -2.64. The van der Waals surface area contributed by atoms with Crippen LogP contribution in [0.2, 0.25) is 0 Å². The van der Waals surface area contributed by atoms with Gasteiger partial charge in [-0.1, -0.05) is 48.5 Å². The van der Waals surface area contributed by atoms with Crippen molar-refractivity contribution < 1.29 is 0 Å². The van der Waals surface area contributed by atoms with Crippen LogP contribution in [-0.2, 0) is 0 Å². The molecule has 0 aliphatic heterocycles. The molecule has 0 saturated heterocycles. The maximum Gasteiger partial charge on any atom is 0.0437 e. The molecule has 0 atom stereocenters. The zero-order valence-corrected chi connectivity index (χ0v) is 14.1. The first-order chi connectivity index (χ1) is 11.8. The predicted molar refractivity (Wildman–Crippen MR) is 106 cm³/mol. The molecule has 1 aromatic heterocycles. The summed E-state index contributed by atoms with van der Waals surface area (Å²) in [6, 6.07) is 24.7. The molecule has 6 rings (SSSR count). The summed E-state index contributed by atoms with van der Waals surface area (Å²) in [6.45, 7) is 2.22. The van der Waals surface area contributed by atoms with E-state index in [1.54, 1.807) is 0 Å². The molecule has 24 heavy (non-hydrogen) atoms. The summed E-state index contributed by atoms with van der Waals surface area (Å²) in [4.78, 5) is 2.83. The van der Waals surface area contributed by atoms with Crippen molar-refractivity contribution in [1.29, 1.82) is 0 Å². The molecule has 4 aromatic carbocycles. The fraction of sp³-hybridized carbons (Fsp3) is 0.0435. The van der Waals surface area contributed by atoms with Crippen LogP contribution in [0.4, 0.5) is 0 Å². The van der Waals surface area contributed by atoms with E-state index in [2.05, 4.69) is 73.7 Å². The highest BCUT2D eigenvalue weighted by Crippen LogP contribution is 2.55. The molecule has 1 heterocycles. The standard InChI is InChI=1S/C23H14S/c1-13-10-19-21-17-8-4-2-6-14(17)11-16-12-15-7-3-5-9-18(15)22(20(16)21)23(19)24-13/h2-12H,1H3. The van der Waals surface area contributed by atoms with Gasteiger partial charge in [0, 0.05) is 20.9 Å². The molecule has 0 spiro atoms. The van der Waals surface area contributed by atoms with Crippen molar-refractivity contribution >= 4 is 43.7 Å². The Labute approximate surface area is 144 Å². The molecule has 0 saturated carbocycles. The van der Waals surface area contributed by atoms with Gasteiger partial charge in [0.1, 0.15) is 0 Å². The second-order valence-electron chi connectivity index (χ2n) is 6.64. The highest BCUT2D eigenvalue weighted by atomic mass is 32.1. The second kappa shape index (κ2) is 4.25. The van der Waals surface area contributed by atoms with Gasteiger partial charge in [-0.3, -0.25) is 0 Å². The number of aryl methyl sites for hydroxylation is 1. The van der Waals surface area contributed by atoms with Crippen LogP contribution in [-0.4, -0.2) is 0 Å². The van der Waals surface area contributed by atoms with Gasteiger partial charge in [-0.25, -0.2) is 0 Å². The monoisotopic (exact) mass is 322 g/mol. The molecule has 0 N–H and O–H groups in total. The third-order valence-electron chi connectivity index (χ3n) is 5.22. The molecular weight excluding hydrogens is 308 g/mol. The van der Waals surface area contributed by atoms with Crippen molar-refractivity contribution in [3.63, 3.8) is 0 Å². The summed E-state index contributed by atoms with van der Waals surface area (Å²) in [5, 5.41) is 8.21. The van der Waals surface area contributed by atoms with Crippen molar-refractivity contribution in [2.75, 3.05) is 0 Å². The van der Waals surface area contributed by atoms with Gasteiger partial charge in [-0.15, -0.1) is 11.3 Å². The van der Waals surface area contributed by atoms with Gasteiger partial charge >= 0.3 is 0 Å². The lowest BCUT2D eigenvalue weighted by molar-refractivity contribution is 1.64. The van der Waals surface area contributed by atoms with Crippen molar-refractivity contribution in [3.05, 3.63) is 71.6 Å². The number of fused-ring (bicyclic) bond motifs is 7. The molecule has 1 aliphatic carbocycles. The van der Waals surface area contributed by atoms with Crippen LogP contribution in [0.5, 0.6) is 0 Å². The predicted octanol–water partition coefficient (Wildman–Crippen LogP) is 7.16. The summed E-state index contributed by atoms with van der Waals surface area (Å²) in [6.07, 6.45) is 0. The Morgan fingerprint density at radius 2 is 1.29 bits per heavy atom. The van der Waals surface area contributed by atoms with E-state index in [1.165, 1.54) is 58.8 Å². The van der Waals surface area contributed by atoms with Crippen molar-refractivity contribution in [2.45, 2.75) is 6.92 Å². The van der Waals surface area contributed by atoms with Gasteiger partial charge in [-0.05, 0) is 63.0 Å². The minimum Gasteiger partial charge on any atom is -0.140 e. The van der Waals surface area contributed by atoms with Crippen LogP contribution in [0.1, 0.15) is 4.88 Å². The van der Waals surface area contributed by atoms with Crippen LogP contribution in [0, 0.1) is 6.92 Å². The molecule has 0 unspecified atom stereocenters. The molecule has 0 radical (unpaired) electrons. The van der Waals surface area contributed by atoms with Gasteiger partial charge in [0.15, 0.2) is 0 Å². The summed E-state index contributed by atoms with van der Waals surface area (Å²) >= 11 is 1.93. The quantitative estimate of drug-likeness (QED) is 0.260. The first kappa shape index (κ1) is 12.7. The number of hydrogen-bond acceptors (Lipinski definition) is 1. The Morgan fingerprint density at radius 3 is 2.00 bits per heavy atom. The highest BCUT2D eigenvalue weighted by molar-refractivity contribution is 7.16. The van der Waals surface area contributed by atoms with Gasteiger partial charge in [-0.2, -0.15) is 0 Å². The lowest BCUT2D eigenvalue weighted by Gasteiger charge is -2.10. The molecular formula is C23H14S. The molecule has 1 aliphatic rings. The average Bonchev–Trinajstić information content (AvgIpc) is 3.12. The van der Waals surface area contributed by atoms with E-state index in [-0.39, 0.29) is 0 Å². The maximum atomic E-state index is 2.37. The molecule has 0 nitrogen and oxygen atoms in total. The minimum atomic E-state index is 1.33. The highest BCUT2D eigenvalue weighted by Gasteiger charge is 2.27. The summed E-state index contributed by atoms with van der Waals surface area (Å²) in [5.41, 5.74) is 4.30. The van der Waals surface area contributed by atoms with E-state index in [4.69, 9.17) is 0 Å². The van der Waals surface area contributed by atoms with Crippen LogP contribution in [0.25, 0.3) is 53.9 Å². The smallest absolute Gasteiger partial charge is 0.0437 e. The lowest BCUT2D eigenvalue weighted by atomic mass is 9.93. The second-order valence-corrected chi connectivity index (χ2v) is 7.90. The molecule has 0 amide bonds. The molecule has 0 bridgehead atoms. The third-order valence-corrected chi connectivity index (χ3v) is 6.29. The first-order valence-electron chi connectivity index (χ1n) is 8.29. The number of rotatable bonds is 0. The summed E-state index contributed by atoms with van der Waals surface area (Å²) < 4.78 is 0. The Kier molecular flexibility index (Phi) is 2.26. The minimum absolute atomic E-state index is 1.33. The van der Waals surface area contributed by atoms with Crippen LogP contribution in [0.15, 0.2) is 66.7 Å². The third kappa shape index (κ3) is 1.44. The van der Waals surface area contributed by atoms with Crippen LogP contribution in [0.3, 0.4) is 0 Å². The number of benzene rings is 4. The van der Waals surface area contributed by atoms with Gasteiger partial charge in [0.2, 0.25) is 0 Å². The number of hydrogen-bond donors (Lipinski definition) is 0. The van der Waals surface area contributed by atoms with Gasteiger partial charge in [0.25, 0.3) is 0 Å². The zero-order valence-electron chi connectivity index (χ0n) is 13.3. The lowest BCUT2D eigenvalue weighted by Crippen LogP contribution is -1.83. The van der Waals surface area contributed by atoms with E-state index in [9.17, 15) is 0 Å². The molecule has 112 valence electrons. The topological polar surface area (TPSA) is 0 Å². The fourth-order valence-corrected chi connectivity index (χ4v) is 5.39. The maximum absolute atomic E-state index is 2.37. The first-order valence-corrected chi connectivity index (χ1v) is 9.11. The van der Waals surface area contributed by atoms with Crippen molar-refractivity contribution in [1.82, 2.24) is 0 Å². The van der Waals surface area contributed by atoms with E-state index in [0.29, 0.717) is 0 Å². The Bertz CT molecular complexity index is 1210. The Morgan fingerprint density at radius 1 is 0.667 bits per heavy atom. The van der Waals surface area contributed by atoms with Crippen molar-refractivity contribution in [2.24, 2.45) is 0 Å². The summed E-state index contributed by atoms with van der Waals surface area (Å²) in [7, 11) is 0. The normalized spacial score (nSPS) is 12.4. The Balaban J connectivity index is 2.00. The van der Waals surface area contributed by atoms with Gasteiger partial charge < -0.3 is 0 Å². The van der Waals surface area contributed by atoms with Gasteiger partial charge in [0.05, 0.1) is 0 Å².